The normalized spacial score (nSPS) is 24.4. The number of hydrogen-bond acceptors (Lipinski definition) is 2. The van der Waals surface area contributed by atoms with Crippen LogP contribution in [0.5, 0.6) is 0 Å². The van der Waals surface area contributed by atoms with Gasteiger partial charge in [0, 0.05) is 6.42 Å². The fraction of sp³-hybridized carbons (Fsp3) is 0.909. The van der Waals surface area contributed by atoms with Crippen molar-refractivity contribution >= 4 is 14.9 Å². The first kappa shape index (κ1) is 12.7. The van der Waals surface area contributed by atoms with Crippen molar-refractivity contribution < 1.29 is 9.22 Å². The van der Waals surface area contributed by atoms with Crippen LogP contribution in [0.2, 0.25) is 13.1 Å². The van der Waals surface area contributed by atoms with E-state index in [0.29, 0.717) is 6.42 Å². The van der Waals surface area contributed by atoms with Gasteiger partial charge in [0.15, 0.2) is 9.04 Å². The van der Waals surface area contributed by atoms with Crippen molar-refractivity contribution in [1.82, 2.24) is 5.32 Å². The minimum atomic E-state index is -1.06. The highest BCUT2D eigenvalue weighted by atomic mass is 28.3. The summed E-state index contributed by atoms with van der Waals surface area (Å²) in [6, 6.07) is 0.215. The predicted octanol–water partition coefficient (Wildman–Crippen LogP) is 1.68. The van der Waals surface area contributed by atoms with Gasteiger partial charge in [0.2, 0.25) is 5.91 Å². The van der Waals surface area contributed by atoms with Crippen molar-refractivity contribution in [3.05, 3.63) is 0 Å². The van der Waals surface area contributed by atoms with Crippen molar-refractivity contribution in [2.45, 2.75) is 58.9 Å². The molecule has 1 heterocycles. The zero-order valence-corrected chi connectivity index (χ0v) is 11.6. The van der Waals surface area contributed by atoms with Crippen LogP contribution < -0.4 is 5.32 Å². The summed E-state index contributed by atoms with van der Waals surface area (Å²) in [6.45, 7) is 10.9. The number of nitrogens with one attached hydrogen (secondary N) is 1. The molecule has 0 spiro atoms. The Morgan fingerprint density at radius 3 is 2.40 bits per heavy atom. The quantitative estimate of drug-likeness (QED) is 0.748. The zero-order chi connectivity index (χ0) is 11.6. The fourth-order valence-electron chi connectivity index (χ4n) is 2.06. The van der Waals surface area contributed by atoms with E-state index in [1.807, 2.05) is 0 Å². The lowest BCUT2D eigenvalue weighted by atomic mass is 9.84. The van der Waals surface area contributed by atoms with E-state index < -0.39 is 9.04 Å². The van der Waals surface area contributed by atoms with E-state index >= 15 is 0 Å². The zero-order valence-electron chi connectivity index (χ0n) is 10.5. The summed E-state index contributed by atoms with van der Waals surface area (Å²) in [5, 5.41) is 3.02. The maximum atomic E-state index is 11.2. The lowest BCUT2D eigenvalue weighted by Crippen LogP contribution is -2.47. The fourth-order valence-corrected chi connectivity index (χ4v) is 3.24. The van der Waals surface area contributed by atoms with E-state index in [4.69, 9.17) is 4.43 Å². The number of hydrogen-bond donors (Lipinski definition) is 1. The summed E-state index contributed by atoms with van der Waals surface area (Å²) in [7, 11) is -1.06. The van der Waals surface area contributed by atoms with E-state index in [9.17, 15) is 4.79 Å². The molecule has 1 rings (SSSR count). The first-order valence-corrected chi connectivity index (χ1v) is 8.53. The maximum Gasteiger partial charge on any atom is 0.220 e. The first-order chi connectivity index (χ1) is 6.80. The number of carbonyl (C=O) groups excluding carboxylic acids is 1. The van der Waals surface area contributed by atoms with E-state index in [-0.39, 0.29) is 23.5 Å². The predicted molar refractivity (Wildman–Crippen MR) is 64.4 cm³/mol. The third-order valence-corrected chi connectivity index (χ3v) is 3.50. The molecule has 88 valence electrons. The van der Waals surface area contributed by atoms with Gasteiger partial charge in [-0.25, -0.2) is 0 Å². The summed E-state index contributed by atoms with van der Waals surface area (Å²) in [4.78, 5) is 11.2. The van der Waals surface area contributed by atoms with Crippen molar-refractivity contribution in [3.8, 4) is 0 Å². The molecule has 0 radical (unpaired) electrons. The van der Waals surface area contributed by atoms with Gasteiger partial charge < -0.3 is 9.74 Å². The van der Waals surface area contributed by atoms with E-state index in [0.717, 1.165) is 6.42 Å². The highest BCUT2D eigenvalue weighted by Gasteiger charge is 2.37. The molecule has 0 aliphatic carbocycles. The van der Waals surface area contributed by atoms with Gasteiger partial charge in [-0.05, 0) is 24.9 Å². The van der Waals surface area contributed by atoms with Gasteiger partial charge in [-0.2, -0.15) is 0 Å². The minimum Gasteiger partial charge on any atom is -0.415 e. The van der Waals surface area contributed by atoms with Crippen LogP contribution in [0.25, 0.3) is 0 Å². The van der Waals surface area contributed by atoms with Gasteiger partial charge in [0.05, 0.1) is 12.1 Å². The molecule has 0 aromatic carbocycles. The van der Waals surface area contributed by atoms with Crippen molar-refractivity contribution in [2.75, 3.05) is 0 Å². The second kappa shape index (κ2) is 4.66. The Labute approximate surface area is 94.3 Å². The Morgan fingerprint density at radius 2 is 2.07 bits per heavy atom. The highest BCUT2D eigenvalue weighted by Crippen LogP contribution is 2.29. The molecular weight excluding hydrogens is 206 g/mol. The Morgan fingerprint density at radius 1 is 1.47 bits per heavy atom. The average molecular weight is 229 g/mol. The molecule has 0 aromatic rings. The lowest BCUT2D eigenvalue weighted by Gasteiger charge is -2.36. The average Bonchev–Trinajstić information content (AvgIpc) is 2.45. The summed E-state index contributed by atoms with van der Waals surface area (Å²) in [5.41, 5.74) is 0.0968. The van der Waals surface area contributed by atoms with Crippen molar-refractivity contribution in [1.29, 1.82) is 0 Å². The van der Waals surface area contributed by atoms with Crippen molar-refractivity contribution in [3.63, 3.8) is 0 Å². The van der Waals surface area contributed by atoms with Gasteiger partial charge >= 0.3 is 0 Å². The Hall–Kier alpha value is -0.353. The van der Waals surface area contributed by atoms with Gasteiger partial charge in [0.1, 0.15) is 0 Å². The monoisotopic (exact) mass is 229 g/mol. The molecule has 1 saturated heterocycles. The third kappa shape index (κ3) is 3.61. The van der Waals surface area contributed by atoms with Crippen LogP contribution >= 0.6 is 0 Å². The summed E-state index contributed by atoms with van der Waals surface area (Å²) in [6.07, 6.45) is 1.73. The summed E-state index contributed by atoms with van der Waals surface area (Å²) < 4.78 is 6.07. The number of rotatable bonds is 3. The van der Waals surface area contributed by atoms with Crippen molar-refractivity contribution in [2.24, 2.45) is 5.41 Å². The molecule has 1 aliphatic rings. The molecule has 0 saturated carbocycles. The van der Waals surface area contributed by atoms with Crippen LogP contribution in [-0.2, 0) is 9.22 Å². The standard InChI is InChI=1S/C11H23NO2Si/c1-11(2,3)10(14-15(4)5)8-6-7-9(13)12-8/h8,10,15H,6-7H2,1-5H3,(H,12,13). The van der Waals surface area contributed by atoms with Crippen LogP contribution in [0.4, 0.5) is 0 Å². The Balaban J connectivity index is 2.68. The molecule has 3 nitrogen and oxygen atoms in total. The van der Waals surface area contributed by atoms with Gasteiger partial charge in [-0.15, -0.1) is 0 Å². The molecule has 2 atom stereocenters. The third-order valence-electron chi connectivity index (χ3n) is 2.67. The van der Waals surface area contributed by atoms with Crippen LogP contribution in [0, 0.1) is 5.41 Å². The second-order valence-electron chi connectivity index (χ2n) is 5.68. The van der Waals surface area contributed by atoms with E-state index in [2.05, 4.69) is 39.2 Å². The molecule has 1 amide bonds. The molecule has 1 aliphatic heterocycles. The Kier molecular flexibility index (Phi) is 3.95. The number of amides is 1. The van der Waals surface area contributed by atoms with Crippen LogP contribution in [0.3, 0.4) is 0 Å². The lowest BCUT2D eigenvalue weighted by molar-refractivity contribution is -0.119. The van der Waals surface area contributed by atoms with Crippen LogP contribution in [0.1, 0.15) is 33.6 Å². The van der Waals surface area contributed by atoms with Gasteiger partial charge in [0.25, 0.3) is 0 Å². The molecule has 1 N–H and O–H groups in total. The summed E-state index contributed by atoms with van der Waals surface area (Å²) in [5.74, 6) is 0.170. The van der Waals surface area contributed by atoms with Gasteiger partial charge in [-0.1, -0.05) is 20.8 Å². The number of carbonyl (C=O) groups is 1. The molecule has 15 heavy (non-hydrogen) atoms. The minimum absolute atomic E-state index is 0.0968. The molecule has 0 bridgehead atoms. The smallest absolute Gasteiger partial charge is 0.220 e. The first-order valence-electron chi connectivity index (χ1n) is 5.75. The summed E-state index contributed by atoms with van der Waals surface area (Å²) >= 11 is 0. The maximum absolute atomic E-state index is 11.2. The van der Waals surface area contributed by atoms with Gasteiger partial charge in [-0.3, -0.25) is 4.79 Å². The Bertz CT molecular complexity index is 235. The molecule has 0 aromatic heterocycles. The molecule has 4 heteroatoms. The molecular formula is C11H23NO2Si. The van der Waals surface area contributed by atoms with Crippen LogP contribution in [-0.4, -0.2) is 27.1 Å². The van der Waals surface area contributed by atoms with E-state index in [1.165, 1.54) is 0 Å². The largest absolute Gasteiger partial charge is 0.415 e. The molecule has 2 unspecified atom stereocenters. The topological polar surface area (TPSA) is 38.3 Å². The van der Waals surface area contributed by atoms with Crippen LogP contribution in [0.15, 0.2) is 0 Å². The molecule has 1 fully saturated rings. The SMILES string of the molecule is C[SiH](C)OC(C1CCC(=O)N1)C(C)(C)C. The second-order valence-corrected chi connectivity index (χ2v) is 8.05. The highest BCUT2D eigenvalue weighted by molar-refractivity contribution is 6.48. The van der Waals surface area contributed by atoms with E-state index in [1.54, 1.807) is 0 Å².